The van der Waals surface area contributed by atoms with Gasteiger partial charge >= 0.3 is 5.91 Å². The second-order valence-corrected chi connectivity index (χ2v) is 2.99. The number of nitrogen functional groups attached to an aromatic ring is 1. The fraction of sp³-hybridized carbons (Fsp3) is 0.100. The molecule has 2 rings (SSSR count). The molecule has 5 nitrogen and oxygen atoms in total. The Bertz CT molecular complexity index is 504. The normalized spacial score (nSPS) is 10.3. The molecule has 0 unspecified atom stereocenters. The number of ether oxygens (including phenoxy) is 1. The maximum atomic E-state index is 11.2. The maximum absolute atomic E-state index is 11.2. The Hall–Kier alpha value is -2.01. The third-order valence-corrected chi connectivity index (χ3v) is 2.08. The van der Waals surface area contributed by atoms with Gasteiger partial charge in [0.05, 0.1) is 7.11 Å². The SMILES string of the molecule is COc1ccc2cc(C(=O)NN)oc2c1. The van der Waals surface area contributed by atoms with Crippen LogP contribution in [0.25, 0.3) is 11.0 Å². The number of nitrogens with two attached hydrogens (primary N) is 1. The highest BCUT2D eigenvalue weighted by Gasteiger charge is 2.10. The van der Waals surface area contributed by atoms with E-state index in [0.717, 1.165) is 5.39 Å². The maximum Gasteiger partial charge on any atom is 0.300 e. The molecule has 2 aromatic rings. The van der Waals surface area contributed by atoms with Crippen molar-refractivity contribution < 1.29 is 13.9 Å². The Balaban J connectivity index is 2.51. The fourth-order valence-electron chi connectivity index (χ4n) is 1.32. The molecule has 0 saturated heterocycles. The van der Waals surface area contributed by atoms with Crippen molar-refractivity contribution in [3.8, 4) is 5.75 Å². The molecule has 0 aliphatic heterocycles. The standard InChI is InChI=1S/C10H10N2O3/c1-14-7-3-2-6-4-9(10(13)12-11)15-8(6)5-7/h2-5H,11H2,1H3,(H,12,13). The molecule has 78 valence electrons. The zero-order valence-electron chi connectivity index (χ0n) is 8.11. The predicted molar refractivity (Wildman–Crippen MR) is 54.4 cm³/mol. The molecule has 0 fully saturated rings. The van der Waals surface area contributed by atoms with E-state index in [1.54, 1.807) is 25.3 Å². The molecule has 0 aliphatic rings. The Kier molecular flexibility index (Phi) is 2.31. The minimum absolute atomic E-state index is 0.181. The summed E-state index contributed by atoms with van der Waals surface area (Å²) in [5.41, 5.74) is 2.60. The summed E-state index contributed by atoms with van der Waals surface area (Å²) in [7, 11) is 1.57. The Morgan fingerprint density at radius 1 is 1.47 bits per heavy atom. The monoisotopic (exact) mass is 206 g/mol. The number of rotatable bonds is 2. The molecule has 1 amide bonds. The second-order valence-electron chi connectivity index (χ2n) is 2.99. The van der Waals surface area contributed by atoms with E-state index in [1.165, 1.54) is 0 Å². The molecule has 0 radical (unpaired) electrons. The minimum Gasteiger partial charge on any atom is -0.497 e. The number of hydrogen-bond donors (Lipinski definition) is 2. The molecule has 0 aliphatic carbocycles. The van der Waals surface area contributed by atoms with Crippen LogP contribution in [0.4, 0.5) is 0 Å². The summed E-state index contributed by atoms with van der Waals surface area (Å²) in [5.74, 6) is 5.40. The first-order chi connectivity index (χ1) is 7.24. The zero-order valence-corrected chi connectivity index (χ0v) is 8.11. The lowest BCUT2D eigenvalue weighted by atomic mass is 10.2. The minimum atomic E-state index is -0.454. The lowest BCUT2D eigenvalue weighted by Crippen LogP contribution is -2.29. The Labute approximate surface area is 85.8 Å². The van der Waals surface area contributed by atoms with Crippen LogP contribution >= 0.6 is 0 Å². The first-order valence-electron chi connectivity index (χ1n) is 4.33. The van der Waals surface area contributed by atoms with Gasteiger partial charge in [0.1, 0.15) is 11.3 Å². The third kappa shape index (κ3) is 1.64. The van der Waals surface area contributed by atoms with E-state index in [9.17, 15) is 4.79 Å². The number of hydrogen-bond acceptors (Lipinski definition) is 4. The summed E-state index contributed by atoms with van der Waals surface area (Å²) in [5, 5.41) is 0.828. The summed E-state index contributed by atoms with van der Waals surface area (Å²) < 4.78 is 10.3. The van der Waals surface area contributed by atoms with Crippen molar-refractivity contribution in [1.29, 1.82) is 0 Å². The highest BCUT2D eigenvalue weighted by atomic mass is 16.5. The molecule has 1 aromatic carbocycles. The quantitative estimate of drug-likeness (QED) is 0.437. The average molecular weight is 206 g/mol. The van der Waals surface area contributed by atoms with Gasteiger partial charge in [-0.25, -0.2) is 5.84 Å². The van der Waals surface area contributed by atoms with Crippen molar-refractivity contribution in [2.24, 2.45) is 5.84 Å². The molecule has 1 heterocycles. The van der Waals surface area contributed by atoms with Crippen LogP contribution in [-0.2, 0) is 0 Å². The van der Waals surface area contributed by atoms with Gasteiger partial charge in [0.2, 0.25) is 0 Å². The highest BCUT2D eigenvalue weighted by molar-refractivity contribution is 5.95. The largest absolute Gasteiger partial charge is 0.497 e. The Morgan fingerprint density at radius 3 is 2.93 bits per heavy atom. The van der Waals surface area contributed by atoms with Crippen molar-refractivity contribution in [2.75, 3.05) is 7.11 Å². The van der Waals surface area contributed by atoms with E-state index in [0.29, 0.717) is 11.3 Å². The van der Waals surface area contributed by atoms with Crippen LogP contribution in [0.3, 0.4) is 0 Å². The molecule has 0 spiro atoms. The number of carbonyl (C=O) groups excluding carboxylic acids is 1. The van der Waals surface area contributed by atoms with Gasteiger partial charge in [0.15, 0.2) is 5.76 Å². The molecule has 3 N–H and O–H groups in total. The van der Waals surface area contributed by atoms with E-state index >= 15 is 0 Å². The molecule has 0 saturated carbocycles. The highest BCUT2D eigenvalue weighted by Crippen LogP contribution is 2.23. The lowest BCUT2D eigenvalue weighted by Gasteiger charge is -1.96. The number of furan rings is 1. The summed E-state index contributed by atoms with van der Waals surface area (Å²) >= 11 is 0. The van der Waals surface area contributed by atoms with Gasteiger partial charge in [-0.15, -0.1) is 0 Å². The van der Waals surface area contributed by atoms with Gasteiger partial charge in [-0.05, 0) is 18.2 Å². The number of nitrogens with one attached hydrogen (secondary N) is 1. The Morgan fingerprint density at radius 2 is 2.27 bits per heavy atom. The fourth-order valence-corrected chi connectivity index (χ4v) is 1.32. The molecule has 0 bridgehead atoms. The smallest absolute Gasteiger partial charge is 0.300 e. The average Bonchev–Trinajstić information content (AvgIpc) is 2.70. The number of fused-ring (bicyclic) bond motifs is 1. The van der Waals surface area contributed by atoms with Gasteiger partial charge in [0, 0.05) is 11.5 Å². The van der Waals surface area contributed by atoms with Gasteiger partial charge < -0.3 is 9.15 Å². The van der Waals surface area contributed by atoms with Crippen LogP contribution < -0.4 is 16.0 Å². The van der Waals surface area contributed by atoms with Gasteiger partial charge in [-0.3, -0.25) is 10.2 Å². The van der Waals surface area contributed by atoms with Crippen molar-refractivity contribution in [2.45, 2.75) is 0 Å². The van der Waals surface area contributed by atoms with Crippen LogP contribution in [-0.4, -0.2) is 13.0 Å². The number of hydrazine groups is 1. The van der Waals surface area contributed by atoms with Crippen LogP contribution in [0.15, 0.2) is 28.7 Å². The van der Waals surface area contributed by atoms with Gasteiger partial charge in [-0.1, -0.05) is 0 Å². The summed E-state index contributed by atoms with van der Waals surface area (Å²) in [6, 6.07) is 6.94. The van der Waals surface area contributed by atoms with Crippen LogP contribution in [0.1, 0.15) is 10.6 Å². The second kappa shape index (κ2) is 3.62. The number of methoxy groups -OCH3 is 1. The van der Waals surface area contributed by atoms with Crippen molar-refractivity contribution in [3.63, 3.8) is 0 Å². The van der Waals surface area contributed by atoms with Crippen LogP contribution in [0, 0.1) is 0 Å². The number of amides is 1. The molecule has 15 heavy (non-hydrogen) atoms. The van der Waals surface area contributed by atoms with Crippen molar-refractivity contribution in [1.82, 2.24) is 5.43 Å². The first-order valence-corrected chi connectivity index (χ1v) is 4.33. The van der Waals surface area contributed by atoms with E-state index in [1.807, 2.05) is 11.5 Å². The summed E-state index contributed by atoms with van der Waals surface area (Å²) in [6.07, 6.45) is 0. The lowest BCUT2D eigenvalue weighted by molar-refractivity contribution is 0.0928. The molecular weight excluding hydrogens is 196 g/mol. The third-order valence-electron chi connectivity index (χ3n) is 2.08. The summed E-state index contributed by atoms with van der Waals surface area (Å²) in [4.78, 5) is 11.2. The topological polar surface area (TPSA) is 77.5 Å². The molecule has 1 aromatic heterocycles. The molecule has 5 heteroatoms. The van der Waals surface area contributed by atoms with Crippen molar-refractivity contribution in [3.05, 3.63) is 30.0 Å². The van der Waals surface area contributed by atoms with E-state index in [2.05, 4.69) is 0 Å². The zero-order chi connectivity index (χ0) is 10.8. The molecule has 0 atom stereocenters. The first kappa shape index (κ1) is 9.54. The summed E-state index contributed by atoms with van der Waals surface area (Å²) in [6.45, 7) is 0. The predicted octanol–water partition coefficient (Wildman–Crippen LogP) is 1.04. The van der Waals surface area contributed by atoms with Crippen LogP contribution in [0.5, 0.6) is 5.75 Å². The van der Waals surface area contributed by atoms with E-state index in [4.69, 9.17) is 15.0 Å². The number of carbonyl (C=O) groups is 1. The van der Waals surface area contributed by atoms with E-state index in [-0.39, 0.29) is 5.76 Å². The van der Waals surface area contributed by atoms with Gasteiger partial charge in [-0.2, -0.15) is 0 Å². The number of benzene rings is 1. The van der Waals surface area contributed by atoms with Crippen LogP contribution in [0.2, 0.25) is 0 Å². The van der Waals surface area contributed by atoms with Crippen molar-refractivity contribution >= 4 is 16.9 Å². The molecular formula is C10H10N2O3. The van der Waals surface area contributed by atoms with Gasteiger partial charge in [0.25, 0.3) is 0 Å². The van der Waals surface area contributed by atoms with E-state index < -0.39 is 5.91 Å².